The molecule has 5 heteroatoms. The first-order valence-electron chi connectivity index (χ1n) is 10.5. The molecule has 5 nitrogen and oxygen atoms in total. The molecule has 0 spiro atoms. The van der Waals surface area contributed by atoms with Gasteiger partial charge in [-0.2, -0.15) is 5.10 Å². The van der Waals surface area contributed by atoms with E-state index in [0.717, 1.165) is 55.3 Å². The number of amides is 1. The number of aromatic nitrogens is 2. The van der Waals surface area contributed by atoms with Crippen LogP contribution in [0.25, 0.3) is 0 Å². The molecule has 0 saturated carbocycles. The number of phenolic OH excluding ortho intramolecular Hbond substituents is 1. The molecule has 2 aromatic rings. The molecule has 1 aromatic heterocycles. The molecule has 1 aromatic carbocycles. The maximum absolute atomic E-state index is 11.3. The van der Waals surface area contributed by atoms with Crippen LogP contribution in [0.4, 0.5) is 0 Å². The van der Waals surface area contributed by atoms with Gasteiger partial charge in [-0.05, 0) is 67.2 Å². The Balaban J connectivity index is 1.98. The summed E-state index contributed by atoms with van der Waals surface area (Å²) in [6, 6.07) is 2.16. The van der Waals surface area contributed by atoms with Crippen LogP contribution in [0.5, 0.6) is 5.75 Å². The average Bonchev–Trinajstić information content (AvgIpc) is 3.23. The van der Waals surface area contributed by atoms with Crippen molar-refractivity contribution in [3.8, 4) is 5.75 Å². The number of nitrogens with zero attached hydrogens (tertiary/aromatic N) is 2. The lowest BCUT2D eigenvalue weighted by molar-refractivity contribution is -0.118. The Morgan fingerprint density at radius 2 is 2.00 bits per heavy atom. The highest BCUT2D eigenvalue weighted by molar-refractivity contribution is 5.73. The molecule has 28 heavy (non-hydrogen) atoms. The predicted molar refractivity (Wildman–Crippen MR) is 112 cm³/mol. The number of rotatable bonds is 8. The molecule has 1 unspecified atom stereocenters. The van der Waals surface area contributed by atoms with Crippen LogP contribution in [0, 0.1) is 12.8 Å². The van der Waals surface area contributed by atoms with E-state index < -0.39 is 0 Å². The Morgan fingerprint density at radius 1 is 1.29 bits per heavy atom. The van der Waals surface area contributed by atoms with Gasteiger partial charge in [0.2, 0.25) is 5.91 Å². The zero-order valence-corrected chi connectivity index (χ0v) is 17.6. The highest BCUT2D eigenvalue weighted by Gasteiger charge is 2.23. The molecule has 0 radical (unpaired) electrons. The number of carbonyl (C=O) groups excluding carboxylic acids is 1. The number of primary amides is 1. The van der Waals surface area contributed by atoms with Crippen molar-refractivity contribution in [2.75, 3.05) is 0 Å². The summed E-state index contributed by atoms with van der Waals surface area (Å²) >= 11 is 0. The number of fused-ring (bicyclic) bond motifs is 1. The SMILES string of the molecule is CCc1nn(CC(C)CC(N)=O)c(CC)c1Cc1cc(C)c(O)c2c1CCC2. The van der Waals surface area contributed by atoms with Crippen molar-refractivity contribution in [1.29, 1.82) is 0 Å². The van der Waals surface area contributed by atoms with Gasteiger partial charge in [-0.25, -0.2) is 0 Å². The number of benzene rings is 1. The number of aromatic hydroxyl groups is 1. The molecule has 0 fully saturated rings. The van der Waals surface area contributed by atoms with Gasteiger partial charge in [-0.3, -0.25) is 9.48 Å². The van der Waals surface area contributed by atoms with Crippen molar-refractivity contribution in [1.82, 2.24) is 9.78 Å². The minimum Gasteiger partial charge on any atom is -0.507 e. The quantitative estimate of drug-likeness (QED) is 0.730. The normalized spacial score (nSPS) is 14.3. The molecule has 0 bridgehead atoms. The second kappa shape index (κ2) is 8.38. The van der Waals surface area contributed by atoms with E-state index in [1.807, 2.05) is 13.8 Å². The van der Waals surface area contributed by atoms with Gasteiger partial charge in [0.05, 0.1) is 5.69 Å². The van der Waals surface area contributed by atoms with Crippen molar-refractivity contribution in [3.63, 3.8) is 0 Å². The number of hydrogen-bond acceptors (Lipinski definition) is 3. The van der Waals surface area contributed by atoms with Gasteiger partial charge in [-0.15, -0.1) is 0 Å². The summed E-state index contributed by atoms with van der Waals surface area (Å²) < 4.78 is 2.09. The number of nitrogens with two attached hydrogens (primary N) is 1. The van der Waals surface area contributed by atoms with E-state index in [-0.39, 0.29) is 11.8 Å². The van der Waals surface area contributed by atoms with E-state index >= 15 is 0 Å². The van der Waals surface area contributed by atoms with Gasteiger partial charge in [-0.1, -0.05) is 26.8 Å². The molecular formula is C23H33N3O2. The summed E-state index contributed by atoms with van der Waals surface area (Å²) in [6.45, 7) is 9.07. The van der Waals surface area contributed by atoms with E-state index in [0.29, 0.717) is 18.7 Å². The molecular weight excluding hydrogens is 350 g/mol. The lowest BCUT2D eigenvalue weighted by Crippen LogP contribution is -2.19. The topological polar surface area (TPSA) is 81.1 Å². The van der Waals surface area contributed by atoms with Crippen molar-refractivity contribution < 1.29 is 9.90 Å². The Hall–Kier alpha value is -2.30. The first kappa shape index (κ1) is 20.4. The van der Waals surface area contributed by atoms with Crippen molar-refractivity contribution in [3.05, 3.63) is 45.3 Å². The molecule has 0 aliphatic heterocycles. The maximum atomic E-state index is 11.3. The third kappa shape index (κ3) is 3.94. The summed E-state index contributed by atoms with van der Waals surface area (Å²) in [7, 11) is 0. The van der Waals surface area contributed by atoms with Crippen LogP contribution in [-0.2, 0) is 43.4 Å². The Kier molecular flexibility index (Phi) is 6.11. The number of carbonyl (C=O) groups is 1. The highest BCUT2D eigenvalue weighted by Crippen LogP contribution is 2.37. The van der Waals surface area contributed by atoms with E-state index in [4.69, 9.17) is 10.8 Å². The van der Waals surface area contributed by atoms with Crippen LogP contribution in [0.2, 0.25) is 0 Å². The minimum atomic E-state index is -0.260. The van der Waals surface area contributed by atoms with Crippen molar-refractivity contribution >= 4 is 5.91 Å². The zero-order chi connectivity index (χ0) is 20.4. The van der Waals surface area contributed by atoms with Gasteiger partial charge in [0.15, 0.2) is 0 Å². The molecule has 1 amide bonds. The van der Waals surface area contributed by atoms with Gasteiger partial charge < -0.3 is 10.8 Å². The summed E-state index contributed by atoms with van der Waals surface area (Å²) in [5.74, 6) is 0.392. The van der Waals surface area contributed by atoms with Gasteiger partial charge in [0.1, 0.15) is 5.75 Å². The molecule has 1 aliphatic rings. The summed E-state index contributed by atoms with van der Waals surface area (Å²) in [6.07, 6.45) is 6.17. The van der Waals surface area contributed by atoms with Crippen molar-refractivity contribution in [2.45, 2.75) is 79.2 Å². The monoisotopic (exact) mass is 383 g/mol. The van der Waals surface area contributed by atoms with Crippen LogP contribution >= 0.6 is 0 Å². The lowest BCUT2D eigenvalue weighted by atomic mass is 9.92. The highest BCUT2D eigenvalue weighted by atomic mass is 16.3. The van der Waals surface area contributed by atoms with Crippen LogP contribution in [0.1, 0.15) is 72.8 Å². The fourth-order valence-corrected chi connectivity index (χ4v) is 4.69. The molecule has 1 atom stereocenters. The van der Waals surface area contributed by atoms with E-state index in [2.05, 4.69) is 24.6 Å². The second-order valence-electron chi connectivity index (χ2n) is 8.23. The molecule has 152 valence electrons. The molecule has 1 heterocycles. The van der Waals surface area contributed by atoms with Crippen LogP contribution < -0.4 is 5.73 Å². The average molecular weight is 384 g/mol. The summed E-state index contributed by atoms with van der Waals surface area (Å²) in [4.78, 5) is 11.3. The van der Waals surface area contributed by atoms with Gasteiger partial charge in [0, 0.05) is 30.6 Å². The number of aryl methyl sites for hydroxylation is 2. The first-order chi connectivity index (χ1) is 13.3. The molecule has 3 N–H and O–H groups in total. The Bertz CT molecular complexity index is 883. The first-order valence-corrected chi connectivity index (χ1v) is 10.5. The second-order valence-corrected chi connectivity index (χ2v) is 8.23. The standard InChI is InChI=1S/C23H33N3O2/c1-5-20-19(21(6-2)26(25-20)13-14(3)10-22(24)27)12-16-11-15(4)23(28)18-9-7-8-17(16)18/h11,14,28H,5-10,12-13H2,1-4H3,(H2,24,27). The third-order valence-corrected chi connectivity index (χ3v) is 5.98. The van der Waals surface area contributed by atoms with E-state index in [9.17, 15) is 9.90 Å². The van der Waals surface area contributed by atoms with Crippen molar-refractivity contribution in [2.24, 2.45) is 11.7 Å². The minimum absolute atomic E-state index is 0.167. The molecule has 0 saturated heterocycles. The van der Waals surface area contributed by atoms with E-state index in [1.165, 1.54) is 22.4 Å². The van der Waals surface area contributed by atoms with Crippen LogP contribution in [0.15, 0.2) is 6.07 Å². The van der Waals surface area contributed by atoms with Gasteiger partial charge >= 0.3 is 0 Å². The van der Waals surface area contributed by atoms with E-state index in [1.54, 1.807) is 0 Å². The van der Waals surface area contributed by atoms with Gasteiger partial charge in [0.25, 0.3) is 0 Å². The lowest BCUT2D eigenvalue weighted by Gasteiger charge is -2.15. The summed E-state index contributed by atoms with van der Waals surface area (Å²) in [5, 5.41) is 15.3. The fourth-order valence-electron chi connectivity index (χ4n) is 4.69. The number of phenols is 1. The van der Waals surface area contributed by atoms with Crippen LogP contribution in [0.3, 0.4) is 0 Å². The molecule has 3 rings (SSSR count). The number of hydrogen-bond donors (Lipinski definition) is 2. The predicted octanol–water partition coefficient (Wildman–Crippen LogP) is 3.61. The largest absolute Gasteiger partial charge is 0.507 e. The smallest absolute Gasteiger partial charge is 0.217 e. The summed E-state index contributed by atoms with van der Waals surface area (Å²) in [5.41, 5.74) is 13.9. The maximum Gasteiger partial charge on any atom is 0.217 e. The Labute approximate surface area is 167 Å². The van der Waals surface area contributed by atoms with Crippen LogP contribution in [-0.4, -0.2) is 20.8 Å². The Morgan fingerprint density at radius 3 is 2.64 bits per heavy atom. The third-order valence-electron chi connectivity index (χ3n) is 5.98. The molecule has 1 aliphatic carbocycles. The fraction of sp³-hybridized carbons (Fsp3) is 0.565. The zero-order valence-electron chi connectivity index (χ0n) is 17.6.